The molecule has 1 N–H and O–H groups in total. The number of allylic oxidation sites excluding steroid dienone is 2. The molecule has 3 aliphatic rings. The van der Waals surface area contributed by atoms with Gasteiger partial charge in [-0.2, -0.15) is 0 Å². The van der Waals surface area contributed by atoms with Crippen LogP contribution in [0.15, 0.2) is 12.2 Å². The largest absolute Gasteiger partial charge is 0.349 e. The lowest BCUT2D eigenvalue weighted by Gasteiger charge is -2.61. The summed E-state index contributed by atoms with van der Waals surface area (Å²) in [7, 11) is 0. The zero-order valence-electron chi connectivity index (χ0n) is 15.7. The van der Waals surface area contributed by atoms with Crippen molar-refractivity contribution in [3.05, 3.63) is 12.2 Å². The summed E-state index contributed by atoms with van der Waals surface area (Å²) in [6, 6.07) is 0. The Morgan fingerprint density at radius 2 is 1.78 bits per heavy atom. The molecule has 2 aliphatic heterocycles. The molecule has 2 saturated heterocycles. The molecule has 23 heavy (non-hydrogen) atoms. The molecule has 0 aromatic heterocycles. The maximum atomic E-state index is 6.61. The van der Waals surface area contributed by atoms with Gasteiger partial charge in [-0.15, -0.1) is 0 Å². The molecule has 3 nitrogen and oxygen atoms in total. The van der Waals surface area contributed by atoms with E-state index in [2.05, 4.69) is 52.1 Å². The smallest absolute Gasteiger partial charge is 0.174 e. The normalized spacial score (nSPS) is 50.6. The minimum absolute atomic E-state index is 0.0555. The highest BCUT2D eigenvalue weighted by Crippen LogP contribution is 2.50. The van der Waals surface area contributed by atoms with Crippen LogP contribution in [0.1, 0.15) is 73.1 Å². The third-order valence-electron chi connectivity index (χ3n) is 7.16. The van der Waals surface area contributed by atoms with Crippen molar-refractivity contribution in [3.63, 3.8) is 0 Å². The van der Waals surface area contributed by atoms with Crippen molar-refractivity contribution >= 4 is 0 Å². The lowest BCUT2D eigenvalue weighted by molar-refractivity contribution is -0.353. The molecular formula is C20H35NO2. The van der Waals surface area contributed by atoms with Crippen molar-refractivity contribution in [3.8, 4) is 0 Å². The molecule has 0 aromatic rings. The monoisotopic (exact) mass is 321 g/mol. The maximum absolute atomic E-state index is 6.61. The summed E-state index contributed by atoms with van der Waals surface area (Å²) in [5.74, 6) is -0.0798. The van der Waals surface area contributed by atoms with Crippen molar-refractivity contribution in [1.82, 2.24) is 5.32 Å². The number of rotatable bonds is 2. The van der Waals surface area contributed by atoms with Crippen LogP contribution in [0.25, 0.3) is 0 Å². The van der Waals surface area contributed by atoms with Gasteiger partial charge < -0.3 is 14.8 Å². The van der Waals surface area contributed by atoms with E-state index in [4.69, 9.17) is 9.47 Å². The first kappa shape index (κ1) is 17.4. The van der Waals surface area contributed by atoms with E-state index < -0.39 is 5.79 Å². The molecule has 2 heterocycles. The van der Waals surface area contributed by atoms with E-state index >= 15 is 0 Å². The van der Waals surface area contributed by atoms with Gasteiger partial charge in [0.2, 0.25) is 0 Å². The van der Waals surface area contributed by atoms with Crippen molar-refractivity contribution in [2.75, 3.05) is 13.2 Å². The molecule has 0 radical (unpaired) electrons. The van der Waals surface area contributed by atoms with E-state index in [0.717, 1.165) is 45.3 Å². The fraction of sp³-hybridized carbons (Fsp3) is 0.900. The summed E-state index contributed by atoms with van der Waals surface area (Å²) in [6.07, 6.45) is 11.2. The van der Waals surface area contributed by atoms with Gasteiger partial charge in [0.15, 0.2) is 5.79 Å². The molecule has 3 rings (SSSR count). The third kappa shape index (κ3) is 2.89. The molecule has 1 aliphatic carbocycles. The Kier molecular flexibility index (Phi) is 4.44. The van der Waals surface area contributed by atoms with Crippen LogP contribution in [0.2, 0.25) is 0 Å². The van der Waals surface area contributed by atoms with Crippen LogP contribution < -0.4 is 5.32 Å². The van der Waals surface area contributed by atoms with Crippen LogP contribution in [0.3, 0.4) is 0 Å². The van der Waals surface area contributed by atoms with E-state index in [1.54, 1.807) is 0 Å². The van der Waals surface area contributed by atoms with E-state index in [-0.39, 0.29) is 16.5 Å². The average Bonchev–Trinajstić information content (AvgIpc) is 2.57. The third-order valence-corrected chi connectivity index (χ3v) is 7.16. The molecule has 0 aromatic carbocycles. The van der Waals surface area contributed by atoms with Gasteiger partial charge in [-0.25, -0.2) is 0 Å². The number of nitrogens with one attached hydrogen (secondary N) is 1. The van der Waals surface area contributed by atoms with Gasteiger partial charge >= 0.3 is 0 Å². The molecule has 2 spiro atoms. The second-order valence-corrected chi connectivity index (χ2v) is 8.81. The summed E-state index contributed by atoms with van der Waals surface area (Å²) < 4.78 is 13.2. The second-order valence-electron chi connectivity index (χ2n) is 8.81. The summed E-state index contributed by atoms with van der Waals surface area (Å²) in [5.41, 5.74) is 0.351. The molecule has 3 atom stereocenters. The van der Waals surface area contributed by atoms with E-state index in [1.807, 2.05) is 0 Å². The molecule has 2 fully saturated rings. The molecule has 0 saturated carbocycles. The van der Waals surface area contributed by atoms with Crippen molar-refractivity contribution in [2.24, 2.45) is 11.3 Å². The molecule has 132 valence electrons. The highest BCUT2D eigenvalue weighted by Gasteiger charge is 2.59. The van der Waals surface area contributed by atoms with E-state index in [0.29, 0.717) is 5.92 Å². The quantitative estimate of drug-likeness (QED) is 0.764. The Balaban J connectivity index is 1.84. The number of hydrogen-bond donors (Lipinski definition) is 1. The highest BCUT2D eigenvalue weighted by molar-refractivity contribution is 5.10. The summed E-state index contributed by atoms with van der Waals surface area (Å²) in [5, 5.41) is 3.93. The Morgan fingerprint density at radius 1 is 1.09 bits per heavy atom. The average molecular weight is 322 g/mol. The van der Waals surface area contributed by atoms with Crippen molar-refractivity contribution in [2.45, 2.75) is 90.0 Å². The predicted octanol–water partition coefficient (Wildman–Crippen LogP) is 4.42. The van der Waals surface area contributed by atoms with Crippen LogP contribution >= 0.6 is 0 Å². The highest BCUT2D eigenvalue weighted by atomic mass is 16.7. The van der Waals surface area contributed by atoms with Gasteiger partial charge in [0.25, 0.3) is 0 Å². The van der Waals surface area contributed by atoms with Crippen LogP contribution in [0, 0.1) is 11.3 Å². The van der Waals surface area contributed by atoms with Crippen molar-refractivity contribution < 1.29 is 9.47 Å². The van der Waals surface area contributed by atoms with Gasteiger partial charge in [-0.1, -0.05) is 32.9 Å². The predicted molar refractivity (Wildman–Crippen MR) is 94.4 cm³/mol. The first-order valence-corrected chi connectivity index (χ1v) is 9.53. The Morgan fingerprint density at radius 3 is 2.30 bits per heavy atom. The van der Waals surface area contributed by atoms with Crippen LogP contribution in [-0.4, -0.2) is 30.1 Å². The lowest BCUT2D eigenvalue weighted by atomic mass is 9.67. The summed E-state index contributed by atoms with van der Waals surface area (Å²) in [4.78, 5) is 0. The molecule has 0 bridgehead atoms. The Bertz CT molecular complexity index is 466. The Labute approximate surface area is 142 Å². The standard InChI is InChI=1S/C20H35NO2/c1-6-17(4)13-20(16(3)18(5,7-2)21-17)22-14-19(15-23-20)11-9-8-10-12-19/h8-9,16,21H,6-7,10-15H2,1-5H3. The fourth-order valence-corrected chi connectivity index (χ4v) is 4.82. The Hall–Kier alpha value is -0.380. The zero-order valence-corrected chi connectivity index (χ0v) is 15.7. The molecule has 3 heteroatoms. The van der Waals surface area contributed by atoms with Gasteiger partial charge in [0.05, 0.1) is 13.2 Å². The number of piperidine rings is 1. The minimum atomic E-state index is -0.423. The van der Waals surface area contributed by atoms with E-state index in [1.165, 1.54) is 6.42 Å². The summed E-state index contributed by atoms with van der Waals surface area (Å²) in [6.45, 7) is 13.2. The zero-order chi connectivity index (χ0) is 16.8. The second kappa shape index (κ2) is 5.86. The van der Waals surface area contributed by atoms with Crippen LogP contribution in [0.5, 0.6) is 0 Å². The topological polar surface area (TPSA) is 30.5 Å². The molecule has 3 unspecified atom stereocenters. The van der Waals surface area contributed by atoms with Crippen LogP contribution in [-0.2, 0) is 9.47 Å². The van der Waals surface area contributed by atoms with Gasteiger partial charge in [-0.05, 0) is 46.0 Å². The lowest BCUT2D eigenvalue weighted by Crippen LogP contribution is -2.73. The maximum Gasteiger partial charge on any atom is 0.174 e. The number of hydrogen-bond acceptors (Lipinski definition) is 3. The van der Waals surface area contributed by atoms with Crippen LogP contribution in [0.4, 0.5) is 0 Å². The van der Waals surface area contributed by atoms with Gasteiger partial charge in [0.1, 0.15) is 0 Å². The summed E-state index contributed by atoms with van der Waals surface area (Å²) >= 11 is 0. The SMILES string of the molecule is CCC1(C)CC2(OCC3(CC=CCC3)CO2)C(C)C(C)(CC)N1. The molecule has 0 amide bonds. The first-order valence-electron chi connectivity index (χ1n) is 9.53. The van der Waals surface area contributed by atoms with Gasteiger partial charge in [-0.3, -0.25) is 0 Å². The fourth-order valence-electron chi connectivity index (χ4n) is 4.82. The molecular weight excluding hydrogens is 286 g/mol. The van der Waals surface area contributed by atoms with Crippen molar-refractivity contribution in [1.29, 1.82) is 0 Å². The minimum Gasteiger partial charge on any atom is -0.349 e. The number of ether oxygens (including phenoxy) is 2. The first-order chi connectivity index (χ1) is 10.8. The van der Waals surface area contributed by atoms with Gasteiger partial charge in [0, 0.05) is 28.8 Å². The van der Waals surface area contributed by atoms with E-state index in [9.17, 15) is 0 Å².